The third-order valence-corrected chi connectivity index (χ3v) is 5.58. The minimum atomic E-state index is -0.153. The van der Waals surface area contributed by atoms with E-state index in [1.807, 2.05) is 36.4 Å². The molecule has 4 rings (SSSR count). The molecule has 0 saturated carbocycles. The van der Waals surface area contributed by atoms with E-state index in [9.17, 15) is 4.79 Å². The van der Waals surface area contributed by atoms with Gasteiger partial charge in [0.05, 0.1) is 19.1 Å². The summed E-state index contributed by atoms with van der Waals surface area (Å²) in [4.78, 5) is 17.7. The summed E-state index contributed by atoms with van der Waals surface area (Å²) in [5.41, 5.74) is 2.24. The standard InChI is InChI=1S/C22H26N2O3/c1-23-11-12-24(19(14-23)16-7-4-3-5-8-16)22(25)18-13-17-9-6-10-20(26-2)21(17)27-15-18/h3-10,18-19H,11-15H2,1-2H3/t18-,19-/m1/s1. The van der Waals surface area contributed by atoms with Crippen LogP contribution in [0.25, 0.3) is 0 Å². The van der Waals surface area contributed by atoms with E-state index in [0.717, 1.165) is 36.7 Å². The van der Waals surface area contributed by atoms with E-state index in [1.165, 1.54) is 5.56 Å². The maximum absolute atomic E-state index is 13.4. The van der Waals surface area contributed by atoms with Gasteiger partial charge in [0.1, 0.15) is 6.61 Å². The van der Waals surface area contributed by atoms with E-state index in [0.29, 0.717) is 13.0 Å². The van der Waals surface area contributed by atoms with E-state index in [-0.39, 0.29) is 17.9 Å². The number of hydrogen-bond acceptors (Lipinski definition) is 4. The number of para-hydroxylation sites is 1. The molecule has 1 amide bonds. The minimum Gasteiger partial charge on any atom is -0.493 e. The first-order valence-corrected chi connectivity index (χ1v) is 9.50. The van der Waals surface area contributed by atoms with Gasteiger partial charge >= 0.3 is 0 Å². The molecule has 2 heterocycles. The zero-order valence-corrected chi connectivity index (χ0v) is 15.9. The van der Waals surface area contributed by atoms with E-state index in [1.54, 1.807) is 7.11 Å². The second kappa shape index (κ2) is 7.61. The molecule has 2 aromatic carbocycles. The highest BCUT2D eigenvalue weighted by Crippen LogP contribution is 2.37. The molecule has 27 heavy (non-hydrogen) atoms. The number of piperazine rings is 1. The number of ether oxygens (including phenoxy) is 2. The number of benzene rings is 2. The quantitative estimate of drug-likeness (QED) is 0.838. The summed E-state index contributed by atoms with van der Waals surface area (Å²) in [5, 5.41) is 0. The highest BCUT2D eigenvalue weighted by atomic mass is 16.5. The molecule has 0 radical (unpaired) electrons. The first-order chi connectivity index (χ1) is 13.2. The molecule has 5 nitrogen and oxygen atoms in total. The fourth-order valence-electron chi connectivity index (χ4n) is 4.09. The Kier molecular flexibility index (Phi) is 5.03. The highest BCUT2D eigenvalue weighted by Gasteiger charge is 2.36. The zero-order chi connectivity index (χ0) is 18.8. The largest absolute Gasteiger partial charge is 0.493 e. The first kappa shape index (κ1) is 17.9. The fourth-order valence-corrected chi connectivity index (χ4v) is 4.09. The number of carbonyl (C=O) groups excluding carboxylic acids is 1. The van der Waals surface area contributed by atoms with Crippen LogP contribution in [0.15, 0.2) is 48.5 Å². The van der Waals surface area contributed by atoms with Crippen LogP contribution >= 0.6 is 0 Å². The van der Waals surface area contributed by atoms with Gasteiger partial charge in [0.2, 0.25) is 5.91 Å². The van der Waals surface area contributed by atoms with Crippen molar-refractivity contribution < 1.29 is 14.3 Å². The van der Waals surface area contributed by atoms with Gasteiger partial charge in [-0.3, -0.25) is 4.79 Å². The summed E-state index contributed by atoms with van der Waals surface area (Å²) >= 11 is 0. The highest BCUT2D eigenvalue weighted by molar-refractivity contribution is 5.80. The van der Waals surface area contributed by atoms with Gasteiger partial charge in [-0.1, -0.05) is 42.5 Å². The van der Waals surface area contributed by atoms with Crippen LogP contribution in [0.4, 0.5) is 0 Å². The molecule has 0 aromatic heterocycles. The van der Waals surface area contributed by atoms with Crippen molar-refractivity contribution in [3.8, 4) is 11.5 Å². The third-order valence-electron chi connectivity index (χ3n) is 5.58. The molecule has 2 aliphatic heterocycles. The molecule has 0 spiro atoms. The molecule has 2 aromatic rings. The van der Waals surface area contributed by atoms with Gasteiger partial charge < -0.3 is 19.3 Å². The minimum absolute atomic E-state index is 0.0872. The first-order valence-electron chi connectivity index (χ1n) is 9.50. The molecule has 0 unspecified atom stereocenters. The molecule has 0 bridgehead atoms. The lowest BCUT2D eigenvalue weighted by atomic mass is 9.93. The van der Waals surface area contributed by atoms with Gasteiger partial charge in [-0.05, 0) is 30.7 Å². The van der Waals surface area contributed by atoms with Crippen molar-refractivity contribution >= 4 is 5.91 Å². The average molecular weight is 366 g/mol. The average Bonchev–Trinajstić information content (AvgIpc) is 2.73. The maximum Gasteiger partial charge on any atom is 0.230 e. The second-order valence-electron chi connectivity index (χ2n) is 7.38. The molecular weight excluding hydrogens is 340 g/mol. The van der Waals surface area contributed by atoms with Crippen LogP contribution in [0, 0.1) is 5.92 Å². The number of fused-ring (bicyclic) bond motifs is 1. The number of amides is 1. The maximum atomic E-state index is 13.4. The molecule has 2 aliphatic rings. The lowest BCUT2D eigenvalue weighted by Gasteiger charge is -2.42. The van der Waals surface area contributed by atoms with Crippen LogP contribution in [0.2, 0.25) is 0 Å². The number of hydrogen-bond donors (Lipinski definition) is 0. The van der Waals surface area contributed by atoms with Gasteiger partial charge in [-0.15, -0.1) is 0 Å². The number of methoxy groups -OCH3 is 1. The van der Waals surface area contributed by atoms with Gasteiger partial charge in [0.15, 0.2) is 11.5 Å². The Morgan fingerprint density at radius 2 is 1.93 bits per heavy atom. The van der Waals surface area contributed by atoms with Crippen molar-refractivity contribution in [1.82, 2.24) is 9.80 Å². The number of nitrogens with zero attached hydrogens (tertiary/aromatic N) is 2. The molecule has 142 valence electrons. The normalized spacial score (nSPS) is 22.7. The van der Waals surface area contributed by atoms with Crippen molar-refractivity contribution in [2.75, 3.05) is 40.4 Å². The Morgan fingerprint density at radius 1 is 1.11 bits per heavy atom. The van der Waals surface area contributed by atoms with Gasteiger partial charge in [-0.2, -0.15) is 0 Å². The summed E-state index contributed by atoms with van der Waals surface area (Å²) in [5.74, 6) is 1.55. The zero-order valence-electron chi connectivity index (χ0n) is 15.9. The Hall–Kier alpha value is -2.53. The SMILES string of the molecule is COc1cccc2c1OC[C@H](C(=O)N1CCN(C)C[C@@H]1c1ccccc1)C2. The number of rotatable bonds is 3. The summed E-state index contributed by atoms with van der Waals surface area (Å²) in [6.45, 7) is 2.90. The Labute approximate surface area is 160 Å². The Balaban J connectivity index is 1.56. The molecule has 2 atom stereocenters. The van der Waals surface area contributed by atoms with Crippen molar-refractivity contribution in [2.45, 2.75) is 12.5 Å². The molecular formula is C22H26N2O3. The summed E-state index contributed by atoms with van der Waals surface area (Å²) in [7, 11) is 3.76. The molecule has 0 aliphatic carbocycles. The van der Waals surface area contributed by atoms with Crippen molar-refractivity contribution in [2.24, 2.45) is 5.92 Å². The molecule has 1 fully saturated rings. The monoisotopic (exact) mass is 366 g/mol. The van der Waals surface area contributed by atoms with E-state index >= 15 is 0 Å². The topological polar surface area (TPSA) is 42.0 Å². The lowest BCUT2D eigenvalue weighted by molar-refractivity contribution is -0.142. The predicted molar refractivity (Wildman–Crippen MR) is 104 cm³/mol. The van der Waals surface area contributed by atoms with E-state index < -0.39 is 0 Å². The van der Waals surface area contributed by atoms with E-state index in [2.05, 4.69) is 29.0 Å². The van der Waals surface area contributed by atoms with Gasteiger partial charge in [0.25, 0.3) is 0 Å². The van der Waals surface area contributed by atoms with Crippen LogP contribution in [0.5, 0.6) is 11.5 Å². The molecule has 0 N–H and O–H groups in total. The smallest absolute Gasteiger partial charge is 0.230 e. The van der Waals surface area contributed by atoms with Gasteiger partial charge in [-0.25, -0.2) is 0 Å². The Bertz CT molecular complexity index is 808. The van der Waals surface area contributed by atoms with Crippen LogP contribution in [-0.4, -0.2) is 56.1 Å². The lowest BCUT2D eigenvalue weighted by Crippen LogP contribution is -2.52. The van der Waals surface area contributed by atoms with Crippen molar-refractivity contribution in [3.05, 3.63) is 59.7 Å². The van der Waals surface area contributed by atoms with Crippen molar-refractivity contribution in [3.63, 3.8) is 0 Å². The van der Waals surface area contributed by atoms with E-state index in [4.69, 9.17) is 9.47 Å². The van der Waals surface area contributed by atoms with Crippen LogP contribution in [0.1, 0.15) is 17.2 Å². The van der Waals surface area contributed by atoms with Crippen LogP contribution < -0.4 is 9.47 Å². The second-order valence-corrected chi connectivity index (χ2v) is 7.38. The fraction of sp³-hybridized carbons (Fsp3) is 0.409. The third kappa shape index (κ3) is 3.52. The molecule has 1 saturated heterocycles. The van der Waals surface area contributed by atoms with Gasteiger partial charge in [0, 0.05) is 19.6 Å². The van der Waals surface area contributed by atoms with Crippen LogP contribution in [-0.2, 0) is 11.2 Å². The summed E-state index contributed by atoms with van der Waals surface area (Å²) < 4.78 is 11.3. The summed E-state index contributed by atoms with van der Waals surface area (Å²) in [6.07, 6.45) is 0.694. The summed E-state index contributed by atoms with van der Waals surface area (Å²) in [6, 6.07) is 16.3. The van der Waals surface area contributed by atoms with Crippen LogP contribution in [0.3, 0.4) is 0 Å². The Morgan fingerprint density at radius 3 is 2.70 bits per heavy atom. The number of likely N-dealkylation sites (N-methyl/N-ethyl adjacent to an activating group) is 1. The predicted octanol–water partition coefficient (Wildman–Crippen LogP) is 2.76. The molecule has 5 heteroatoms. The number of carbonyl (C=O) groups is 1. The van der Waals surface area contributed by atoms with Crippen molar-refractivity contribution in [1.29, 1.82) is 0 Å².